The van der Waals surface area contributed by atoms with Gasteiger partial charge < -0.3 is 19.8 Å². The highest BCUT2D eigenvalue weighted by Gasteiger charge is 2.28. The van der Waals surface area contributed by atoms with Crippen LogP contribution in [0.15, 0.2) is 48.6 Å². The minimum atomic E-state index is -4.36. The highest BCUT2D eigenvalue weighted by molar-refractivity contribution is 7.47. The molecule has 0 bridgehead atoms. The number of phosphoric ester groups is 1. The second-order valence-corrected chi connectivity index (χ2v) is 26.0. The molecule has 0 saturated carbocycles. The van der Waals surface area contributed by atoms with Crippen LogP contribution in [0.25, 0.3) is 0 Å². The minimum absolute atomic E-state index is 0.0540. The lowest BCUT2D eigenvalue weighted by atomic mass is 10.0. The van der Waals surface area contributed by atoms with Gasteiger partial charge >= 0.3 is 7.82 Å². The molecule has 460 valence electrons. The van der Waals surface area contributed by atoms with Crippen LogP contribution in [0, 0.1) is 0 Å². The number of hydrogen-bond donors (Lipinski definition) is 3. The molecule has 0 spiro atoms. The number of amides is 1. The van der Waals surface area contributed by atoms with Gasteiger partial charge in [0.1, 0.15) is 13.2 Å². The number of aliphatic hydroxyl groups is 1. The maximum Gasteiger partial charge on any atom is 0.472 e. The fourth-order valence-corrected chi connectivity index (χ4v) is 10.9. The van der Waals surface area contributed by atoms with Gasteiger partial charge in [-0.1, -0.05) is 306 Å². The Bertz CT molecular complexity index is 1410. The van der Waals surface area contributed by atoms with E-state index in [-0.39, 0.29) is 19.1 Å². The molecule has 0 aliphatic rings. The van der Waals surface area contributed by atoms with E-state index in [0.29, 0.717) is 17.4 Å². The van der Waals surface area contributed by atoms with Crippen molar-refractivity contribution >= 4 is 13.7 Å². The predicted octanol–water partition coefficient (Wildman–Crippen LogP) is 21.4. The van der Waals surface area contributed by atoms with Crippen molar-refractivity contribution in [1.29, 1.82) is 0 Å². The first-order chi connectivity index (χ1) is 38.0. The molecule has 0 aliphatic carbocycles. The van der Waals surface area contributed by atoms with Gasteiger partial charge in [0.15, 0.2) is 0 Å². The summed E-state index contributed by atoms with van der Waals surface area (Å²) in [4.78, 5) is 23.4. The van der Waals surface area contributed by atoms with Gasteiger partial charge in [0.25, 0.3) is 0 Å². The Kier molecular flexibility index (Phi) is 58.9. The summed E-state index contributed by atoms with van der Waals surface area (Å²) in [7, 11) is 1.56. The Balaban J connectivity index is 4.00. The Morgan fingerprint density at radius 1 is 0.423 bits per heavy atom. The SMILES string of the molecule is CCCCCCCCCCC/C=C/CC/C=C/CC/C=C/C(O)C(COP(=O)(O)OCC[N+](C)(C)C)NC(=O)CCCCCCCCCCCCCCCCCCC/C=C\CCCCCCCCCCCCCCCCCC. The molecule has 0 aromatic heterocycles. The molecule has 0 aromatic carbocycles. The van der Waals surface area contributed by atoms with E-state index in [4.69, 9.17) is 9.05 Å². The van der Waals surface area contributed by atoms with E-state index in [2.05, 4.69) is 55.6 Å². The average molecular weight is 1120 g/mol. The van der Waals surface area contributed by atoms with Crippen molar-refractivity contribution in [3.63, 3.8) is 0 Å². The number of phosphoric acid groups is 1. The zero-order chi connectivity index (χ0) is 57.0. The molecule has 0 heterocycles. The summed E-state index contributed by atoms with van der Waals surface area (Å²) in [6, 6.07) is -0.870. The van der Waals surface area contributed by atoms with Crippen LogP contribution in [0.4, 0.5) is 0 Å². The van der Waals surface area contributed by atoms with Crippen LogP contribution in [0.1, 0.15) is 335 Å². The van der Waals surface area contributed by atoms with Gasteiger partial charge in [0.05, 0.1) is 39.9 Å². The maximum atomic E-state index is 13.0. The van der Waals surface area contributed by atoms with Gasteiger partial charge in [0, 0.05) is 6.42 Å². The first kappa shape index (κ1) is 76.5. The van der Waals surface area contributed by atoms with Crippen molar-refractivity contribution in [1.82, 2.24) is 5.32 Å². The van der Waals surface area contributed by atoms with Crippen LogP contribution in [-0.2, 0) is 18.4 Å². The summed E-state index contributed by atoms with van der Waals surface area (Å²) in [6.07, 6.45) is 81.3. The first-order valence-electron chi connectivity index (χ1n) is 34.0. The van der Waals surface area contributed by atoms with Gasteiger partial charge in [-0.25, -0.2) is 4.57 Å². The highest BCUT2D eigenvalue weighted by Crippen LogP contribution is 2.43. The number of likely N-dealkylation sites (N-methyl/N-ethyl adjacent to an activating group) is 1. The molecule has 0 aromatic rings. The second-order valence-electron chi connectivity index (χ2n) is 24.5. The summed E-state index contributed by atoms with van der Waals surface area (Å²) < 4.78 is 23.7. The fourth-order valence-electron chi connectivity index (χ4n) is 10.2. The van der Waals surface area contributed by atoms with Crippen LogP contribution in [0.3, 0.4) is 0 Å². The summed E-state index contributed by atoms with van der Waals surface area (Å²) in [5, 5.41) is 13.9. The van der Waals surface area contributed by atoms with E-state index < -0.39 is 20.0 Å². The Hall–Kier alpha value is -1.54. The lowest BCUT2D eigenvalue weighted by Crippen LogP contribution is -2.45. The lowest BCUT2D eigenvalue weighted by Gasteiger charge is -2.25. The van der Waals surface area contributed by atoms with Crippen LogP contribution in [0.5, 0.6) is 0 Å². The van der Waals surface area contributed by atoms with Crippen molar-refractivity contribution < 1.29 is 32.9 Å². The molecular formula is C69H134N2O6P+. The molecule has 0 fully saturated rings. The molecule has 0 radical (unpaired) electrons. The van der Waals surface area contributed by atoms with Crippen molar-refractivity contribution in [2.75, 3.05) is 40.9 Å². The van der Waals surface area contributed by atoms with Gasteiger partial charge in [-0.2, -0.15) is 0 Å². The third-order valence-electron chi connectivity index (χ3n) is 15.5. The quantitative estimate of drug-likeness (QED) is 0.0243. The molecule has 0 aliphatic heterocycles. The molecule has 78 heavy (non-hydrogen) atoms. The number of aliphatic hydroxyl groups excluding tert-OH is 1. The lowest BCUT2D eigenvalue weighted by molar-refractivity contribution is -0.870. The van der Waals surface area contributed by atoms with Crippen LogP contribution in [-0.4, -0.2) is 73.4 Å². The van der Waals surface area contributed by atoms with E-state index in [1.807, 2.05) is 27.2 Å². The van der Waals surface area contributed by atoms with Crippen LogP contribution in [0.2, 0.25) is 0 Å². The molecular weight excluding hydrogens is 984 g/mol. The van der Waals surface area contributed by atoms with E-state index in [1.54, 1.807) is 6.08 Å². The average Bonchev–Trinajstić information content (AvgIpc) is 3.41. The summed E-state index contributed by atoms with van der Waals surface area (Å²) in [6.45, 7) is 4.82. The molecule has 8 nitrogen and oxygen atoms in total. The van der Waals surface area contributed by atoms with Gasteiger partial charge in [0.2, 0.25) is 5.91 Å². The van der Waals surface area contributed by atoms with Gasteiger partial charge in [-0.15, -0.1) is 0 Å². The largest absolute Gasteiger partial charge is 0.472 e. The van der Waals surface area contributed by atoms with Gasteiger partial charge in [-0.3, -0.25) is 13.8 Å². The molecule has 3 unspecified atom stereocenters. The highest BCUT2D eigenvalue weighted by atomic mass is 31.2. The van der Waals surface area contributed by atoms with E-state index >= 15 is 0 Å². The van der Waals surface area contributed by atoms with Crippen molar-refractivity contribution in [3.05, 3.63) is 48.6 Å². The topological polar surface area (TPSA) is 105 Å². The number of nitrogens with one attached hydrogen (secondary N) is 1. The monoisotopic (exact) mass is 1120 g/mol. The van der Waals surface area contributed by atoms with Gasteiger partial charge in [-0.05, 0) is 70.6 Å². The van der Waals surface area contributed by atoms with Crippen LogP contribution >= 0.6 is 7.82 Å². The minimum Gasteiger partial charge on any atom is -0.387 e. The first-order valence-corrected chi connectivity index (χ1v) is 35.5. The van der Waals surface area contributed by atoms with Crippen molar-refractivity contribution in [2.45, 2.75) is 347 Å². The Morgan fingerprint density at radius 3 is 1.03 bits per heavy atom. The number of nitrogens with zero attached hydrogens (tertiary/aromatic N) is 1. The van der Waals surface area contributed by atoms with E-state index in [0.717, 1.165) is 44.9 Å². The number of allylic oxidation sites excluding steroid dienone is 7. The third kappa shape index (κ3) is 62.1. The number of rotatable bonds is 63. The van der Waals surface area contributed by atoms with E-state index in [9.17, 15) is 19.4 Å². The molecule has 1 amide bonds. The number of hydrogen-bond acceptors (Lipinski definition) is 5. The number of quaternary nitrogens is 1. The molecule has 0 rings (SSSR count). The predicted molar refractivity (Wildman–Crippen MR) is 341 cm³/mol. The maximum absolute atomic E-state index is 13.0. The number of carbonyl (C=O) groups is 1. The Labute approximate surface area is 486 Å². The standard InChI is InChI=1S/C69H133N2O6P/c1-6-8-10-12-14-16-18-20-22-24-26-27-28-29-30-31-32-33-34-35-36-37-38-39-40-41-42-43-45-47-49-51-53-55-57-59-61-63-69(73)70-67(66-77-78(74,75)76-65-64-71(3,4)5)68(72)62-60-58-56-54-52-50-48-46-44-25-23-21-19-17-15-13-11-9-7-2/h33-34,44,46,52,54,60,62,67-68,72H,6-32,35-43,45,47-51,53,55-59,61,63-66H2,1-5H3,(H-,70,73,74,75)/p+1/b34-33-,46-44+,54-52+,62-60+. The van der Waals surface area contributed by atoms with Crippen LogP contribution < -0.4 is 5.32 Å². The zero-order valence-corrected chi connectivity index (χ0v) is 53.6. The van der Waals surface area contributed by atoms with Crippen molar-refractivity contribution in [3.8, 4) is 0 Å². The fraction of sp³-hybridized carbons (Fsp3) is 0.870. The second kappa shape index (κ2) is 60.1. The zero-order valence-electron chi connectivity index (χ0n) is 52.7. The van der Waals surface area contributed by atoms with E-state index in [1.165, 1.54) is 270 Å². The molecule has 9 heteroatoms. The Morgan fingerprint density at radius 2 is 0.705 bits per heavy atom. The molecule has 3 N–H and O–H groups in total. The normalized spacial score (nSPS) is 14.0. The third-order valence-corrected chi connectivity index (χ3v) is 16.5. The van der Waals surface area contributed by atoms with Crippen molar-refractivity contribution in [2.24, 2.45) is 0 Å². The summed E-state index contributed by atoms with van der Waals surface area (Å²) in [5.41, 5.74) is 0. The summed E-state index contributed by atoms with van der Waals surface area (Å²) in [5.74, 6) is -0.186. The molecule has 0 saturated heterocycles. The molecule has 3 atom stereocenters. The number of carbonyl (C=O) groups excluding carboxylic acids is 1. The number of unbranched alkanes of at least 4 members (excludes halogenated alkanes) is 44. The summed E-state index contributed by atoms with van der Waals surface area (Å²) >= 11 is 0. The smallest absolute Gasteiger partial charge is 0.387 e.